The van der Waals surface area contributed by atoms with E-state index in [4.69, 9.17) is 0 Å². The van der Waals surface area contributed by atoms with Crippen LogP contribution in [0.1, 0.15) is 46.0 Å². The zero-order valence-corrected chi connectivity index (χ0v) is 9.62. The molecule has 0 aromatic rings. The van der Waals surface area contributed by atoms with Crippen LogP contribution in [0.2, 0.25) is 0 Å². The van der Waals surface area contributed by atoms with Gasteiger partial charge in [0.25, 0.3) is 0 Å². The zero-order valence-electron chi connectivity index (χ0n) is 8.81. The summed E-state index contributed by atoms with van der Waals surface area (Å²) in [5.74, 6) is 1.29. The number of fused-ring (bicyclic) bond motifs is 1. The molecule has 1 aliphatic carbocycles. The van der Waals surface area contributed by atoms with Gasteiger partial charge >= 0.3 is 0 Å². The van der Waals surface area contributed by atoms with Gasteiger partial charge in [-0.1, -0.05) is 19.3 Å². The molecule has 1 nitrogen and oxygen atoms in total. The molecule has 0 bridgehead atoms. The lowest BCUT2D eigenvalue weighted by Crippen LogP contribution is -2.55. The minimum absolute atomic E-state index is 0.371. The molecule has 13 heavy (non-hydrogen) atoms. The topological polar surface area (TPSA) is 12.0 Å². The molecule has 2 rings (SSSR count). The second-order valence-electron chi connectivity index (χ2n) is 5.12. The van der Waals surface area contributed by atoms with Gasteiger partial charge in [0.05, 0.1) is 0 Å². The molecule has 1 N–H and O–H groups in total. The normalized spacial score (nSPS) is 39.2. The lowest BCUT2D eigenvalue weighted by Gasteiger charge is -2.41. The zero-order chi connectivity index (χ0) is 9.31. The second kappa shape index (κ2) is 3.82. The molecule has 2 unspecified atom stereocenters. The maximum atomic E-state index is 3.81. The van der Waals surface area contributed by atoms with Crippen molar-refractivity contribution in [2.24, 2.45) is 0 Å². The minimum atomic E-state index is 0.371. The van der Waals surface area contributed by atoms with Gasteiger partial charge in [-0.15, -0.1) is 0 Å². The Morgan fingerprint density at radius 3 is 2.77 bits per heavy atom. The van der Waals surface area contributed by atoms with Gasteiger partial charge < -0.3 is 5.32 Å². The maximum Gasteiger partial charge on any atom is 0.0218 e. The monoisotopic (exact) mass is 199 g/mol. The fraction of sp³-hybridized carbons (Fsp3) is 1.00. The predicted octanol–water partition coefficient (Wildman–Crippen LogP) is 2.80. The van der Waals surface area contributed by atoms with Crippen molar-refractivity contribution in [3.63, 3.8) is 0 Å². The molecule has 1 aliphatic heterocycles. The summed E-state index contributed by atoms with van der Waals surface area (Å²) in [6.45, 7) is 4.67. The first kappa shape index (κ1) is 9.85. The van der Waals surface area contributed by atoms with Gasteiger partial charge in [0.15, 0.2) is 0 Å². The van der Waals surface area contributed by atoms with Crippen LogP contribution in [0.15, 0.2) is 0 Å². The van der Waals surface area contributed by atoms with E-state index < -0.39 is 0 Å². The highest BCUT2D eigenvalue weighted by molar-refractivity contribution is 8.00. The highest BCUT2D eigenvalue weighted by Crippen LogP contribution is 2.34. The summed E-state index contributed by atoms with van der Waals surface area (Å²) < 4.78 is 0. The van der Waals surface area contributed by atoms with Crippen molar-refractivity contribution >= 4 is 11.8 Å². The Morgan fingerprint density at radius 1 is 1.15 bits per heavy atom. The van der Waals surface area contributed by atoms with E-state index in [1.807, 2.05) is 0 Å². The highest BCUT2D eigenvalue weighted by atomic mass is 32.2. The van der Waals surface area contributed by atoms with Crippen molar-refractivity contribution in [3.05, 3.63) is 0 Å². The summed E-state index contributed by atoms with van der Waals surface area (Å²) in [5, 5.41) is 4.73. The first-order chi connectivity index (χ1) is 6.17. The first-order valence-corrected chi connectivity index (χ1v) is 6.62. The number of hydrogen-bond acceptors (Lipinski definition) is 2. The smallest absolute Gasteiger partial charge is 0.0218 e. The van der Waals surface area contributed by atoms with Crippen LogP contribution in [0.25, 0.3) is 0 Å². The predicted molar refractivity (Wildman–Crippen MR) is 60.3 cm³/mol. The van der Waals surface area contributed by atoms with E-state index in [1.165, 1.54) is 37.9 Å². The van der Waals surface area contributed by atoms with Crippen LogP contribution >= 0.6 is 11.8 Å². The fourth-order valence-electron chi connectivity index (χ4n) is 2.50. The average Bonchev–Trinajstić information content (AvgIpc) is 2.27. The van der Waals surface area contributed by atoms with E-state index in [0.717, 1.165) is 11.3 Å². The van der Waals surface area contributed by atoms with Crippen LogP contribution in [-0.4, -0.2) is 22.6 Å². The summed E-state index contributed by atoms with van der Waals surface area (Å²) >= 11 is 2.20. The third-order valence-electron chi connectivity index (χ3n) is 3.19. The van der Waals surface area contributed by atoms with Gasteiger partial charge in [-0.3, -0.25) is 0 Å². The van der Waals surface area contributed by atoms with E-state index >= 15 is 0 Å². The quantitative estimate of drug-likeness (QED) is 0.644. The van der Waals surface area contributed by atoms with Gasteiger partial charge in [-0.05, 0) is 26.7 Å². The molecule has 1 saturated heterocycles. The van der Waals surface area contributed by atoms with E-state index in [2.05, 4.69) is 30.9 Å². The summed E-state index contributed by atoms with van der Waals surface area (Å²) in [4.78, 5) is 0. The van der Waals surface area contributed by atoms with E-state index in [-0.39, 0.29) is 0 Å². The highest BCUT2D eigenvalue weighted by Gasteiger charge is 2.34. The number of nitrogens with one attached hydrogen (secondary N) is 1. The van der Waals surface area contributed by atoms with E-state index in [1.54, 1.807) is 0 Å². The summed E-state index contributed by atoms with van der Waals surface area (Å²) in [6.07, 6.45) is 7.19. The Kier molecular flexibility index (Phi) is 2.89. The van der Waals surface area contributed by atoms with Crippen molar-refractivity contribution in [1.29, 1.82) is 0 Å². The summed E-state index contributed by atoms with van der Waals surface area (Å²) in [5.41, 5.74) is 0.371. The largest absolute Gasteiger partial charge is 0.307 e. The summed E-state index contributed by atoms with van der Waals surface area (Å²) in [7, 11) is 0. The second-order valence-corrected chi connectivity index (χ2v) is 6.35. The number of rotatable bonds is 0. The molecule has 2 aliphatic rings. The molecule has 1 heterocycles. The maximum absolute atomic E-state index is 3.81. The van der Waals surface area contributed by atoms with Crippen LogP contribution in [0, 0.1) is 0 Å². The average molecular weight is 199 g/mol. The molecule has 76 valence electrons. The van der Waals surface area contributed by atoms with Gasteiger partial charge in [0.2, 0.25) is 0 Å². The standard InChI is InChI=1S/C11H21NS/c1-11(2)8-13-10-7-5-3-4-6-9(10)12-11/h9-10,12H,3-8H2,1-2H3. The molecule has 0 aromatic carbocycles. The molecule has 1 saturated carbocycles. The molecule has 0 aromatic heterocycles. The Bertz CT molecular complexity index is 179. The molecule has 2 atom stereocenters. The Morgan fingerprint density at radius 2 is 1.92 bits per heavy atom. The SMILES string of the molecule is CC1(C)CSC2CCCCCC2N1. The van der Waals surface area contributed by atoms with Crippen molar-refractivity contribution < 1.29 is 0 Å². The van der Waals surface area contributed by atoms with Crippen LogP contribution in [0.5, 0.6) is 0 Å². The number of hydrogen-bond donors (Lipinski definition) is 1. The van der Waals surface area contributed by atoms with Crippen molar-refractivity contribution in [2.75, 3.05) is 5.75 Å². The molecular weight excluding hydrogens is 178 g/mol. The molecule has 0 amide bonds. The molecule has 2 fully saturated rings. The number of thioether (sulfide) groups is 1. The van der Waals surface area contributed by atoms with Crippen molar-refractivity contribution in [1.82, 2.24) is 5.32 Å². The van der Waals surface area contributed by atoms with Crippen LogP contribution in [0.4, 0.5) is 0 Å². The fourth-order valence-corrected chi connectivity index (χ4v) is 3.98. The third kappa shape index (κ3) is 2.41. The third-order valence-corrected chi connectivity index (χ3v) is 5.07. The van der Waals surface area contributed by atoms with Crippen molar-refractivity contribution in [3.8, 4) is 0 Å². The lowest BCUT2D eigenvalue weighted by molar-refractivity contribution is 0.331. The van der Waals surface area contributed by atoms with Crippen LogP contribution in [0.3, 0.4) is 0 Å². The van der Waals surface area contributed by atoms with E-state index in [9.17, 15) is 0 Å². The Labute approximate surface area is 86.0 Å². The van der Waals surface area contributed by atoms with Crippen molar-refractivity contribution in [2.45, 2.75) is 62.8 Å². The van der Waals surface area contributed by atoms with Gasteiger partial charge in [-0.25, -0.2) is 0 Å². The lowest BCUT2D eigenvalue weighted by atomic mass is 10.0. The van der Waals surface area contributed by atoms with Gasteiger partial charge in [0.1, 0.15) is 0 Å². The Hall–Kier alpha value is 0.310. The molecule has 0 spiro atoms. The molecule has 2 heteroatoms. The van der Waals surface area contributed by atoms with Crippen LogP contribution < -0.4 is 5.32 Å². The first-order valence-electron chi connectivity index (χ1n) is 5.57. The minimum Gasteiger partial charge on any atom is -0.307 e. The Balaban J connectivity index is 2.00. The molecular formula is C11H21NS. The molecule has 0 radical (unpaired) electrons. The van der Waals surface area contributed by atoms with Gasteiger partial charge in [-0.2, -0.15) is 11.8 Å². The van der Waals surface area contributed by atoms with E-state index in [0.29, 0.717) is 5.54 Å². The summed E-state index contributed by atoms with van der Waals surface area (Å²) in [6, 6.07) is 0.802. The van der Waals surface area contributed by atoms with Crippen LogP contribution in [-0.2, 0) is 0 Å². The van der Waals surface area contributed by atoms with Gasteiger partial charge in [0, 0.05) is 22.6 Å².